The minimum absolute atomic E-state index is 0.107. The third-order valence-electron chi connectivity index (χ3n) is 3.35. The number of carbonyl (C=O) groups is 1. The van der Waals surface area contributed by atoms with Gasteiger partial charge in [0.1, 0.15) is 5.75 Å². The summed E-state index contributed by atoms with van der Waals surface area (Å²) >= 11 is 6.15. The summed E-state index contributed by atoms with van der Waals surface area (Å²) in [5, 5.41) is 4.76. The average Bonchev–Trinajstić information content (AvgIpc) is 2.88. The van der Waals surface area contributed by atoms with Crippen LogP contribution in [0.25, 0.3) is 0 Å². The van der Waals surface area contributed by atoms with Crippen LogP contribution < -0.4 is 4.74 Å². The average molecular weight is 322 g/mol. The zero-order valence-corrected chi connectivity index (χ0v) is 13.8. The van der Waals surface area contributed by atoms with Crippen LogP contribution in [-0.4, -0.2) is 34.2 Å². The molecule has 1 amide bonds. The van der Waals surface area contributed by atoms with Crippen LogP contribution in [0.1, 0.15) is 29.9 Å². The molecule has 6 heteroatoms. The number of nitrogens with zero attached hydrogens (tertiary/aromatic N) is 3. The van der Waals surface area contributed by atoms with Crippen LogP contribution in [0.4, 0.5) is 0 Å². The van der Waals surface area contributed by atoms with E-state index in [2.05, 4.69) is 5.10 Å². The maximum atomic E-state index is 12.7. The Bertz CT molecular complexity index is 655. The molecule has 0 bridgehead atoms. The lowest BCUT2D eigenvalue weighted by Crippen LogP contribution is -2.28. The SMILES string of the molecule is CCOc1ccccc1C(=O)N(C)Cc1c(Cl)cnn1CC. The molecule has 1 heterocycles. The molecule has 1 aromatic carbocycles. The second-order valence-corrected chi connectivity index (χ2v) is 5.25. The predicted molar refractivity (Wildman–Crippen MR) is 86.3 cm³/mol. The largest absolute Gasteiger partial charge is 0.493 e. The first-order valence-corrected chi connectivity index (χ1v) is 7.63. The van der Waals surface area contributed by atoms with E-state index in [0.29, 0.717) is 36.0 Å². The molecular formula is C16H20ClN3O2. The monoisotopic (exact) mass is 321 g/mol. The molecule has 2 aromatic rings. The zero-order valence-electron chi connectivity index (χ0n) is 13.0. The van der Waals surface area contributed by atoms with Crippen LogP contribution in [-0.2, 0) is 13.1 Å². The molecule has 0 aliphatic carbocycles. The number of halogens is 1. The highest BCUT2D eigenvalue weighted by molar-refractivity contribution is 6.31. The van der Waals surface area contributed by atoms with Gasteiger partial charge < -0.3 is 9.64 Å². The van der Waals surface area contributed by atoms with Crippen molar-refractivity contribution in [2.24, 2.45) is 0 Å². The summed E-state index contributed by atoms with van der Waals surface area (Å²) in [6, 6.07) is 7.24. The Morgan fingerprint density at radius 2 is 2.09 bits per heavy atom. The van der Waals surface area contributed by atoms with Crippen molar-refractivity contribution < 1.29 is 9.53 Å². The van der Waals surface area contributed by atoms with Gasteiger partial charge in [-0.3, -0.25) is 9.48 Å². The van der Waals surface area contributed by atoms with Crippen molar-refractivity contribution in [2.75, 3.05) is 13.7 Å². The Morgan fingerprint density at radius 1 is 1.36 bits per heavy atom. The van der Waals surface area contributed by atoms with Crippen LogP contribution in [0.15, 0.2) is 30.5 Å². The number of hydrogen-bond donors (Lipinski definition) is 0. The van der Waals surface area contributed by atoms with Crippen molar-refractivity contribution >= 4 is 17.5 Å². The van der Waals surface area contributed by atoms with Gasteiger partial charge in [-0.25, -0.2) is 0 Å². The van der Waals surface area contributed by atoms with Crippen LogP contribution in [0, 0.1) is 0 Å². The molecule has 5 nitrogen and oxygen atoms in total. The quantitative estimate of drug-likeness (QED) is 0.820. The topological polar surface area (TPSA) is 47.4 Å². The first kappa shape index (κ1) is 16.4. The maximum absolute atomic E-state index is 12.7. The minimum Gasteiger partial charge on any atom is -0.493 e. The van der Waals surface area contributed by atoms with E-state index < -0.39 is 0 Å². The Kier molecular flexibility index (Phi) is 5.44. The van der Waals surface area contributed by atoms with Crippen molar-refractivity contribution in [2.45, 2.75) is 26.9 Å². The molecule has 22 heavy (non-hydrogen) atoms. The smallest absolute Gasteiger partial charge is 0.257 e. The van der Waals surface area contributed by atoms with Gasteiger partial charge >= 0.3 is 0 Å². The van der Waals surface area contributed by atoms with Crippen molar-refractivity contribution in [3.8, 4) is 5.75 Å². The molecule has 0 fully saturated rings. The zero-order chi connectivity index (χ0) is 16.1. The standard InChI is InChI=1S/C16H20ClN3O2/c1-4-20-14(13(17)10-18-20)11-19(3)16(21)12-8-6-7-9-15(12)22-5-2/h6-10H,4-5,11H2,1-3H3. The molecule has 1 aromatic heterocycles. The second-order valence-electron chi connectivity index (χ2n) is 4.85. The molecule has 118 valence electrons. The first-order chi connectivity index (χ1) is 10.6. The van der Waals surface area contributed by atoms with E-state index in [9.17, 15) is 4.79 Å². The van der Waals surface area contributed by atoms with E-state index in [0.717, 1.165) is 5.69 Å². The van der Waals surface area contributed by atoms with Gasteiger partial charge in [0.05, 0.1) is 35.6 Å². The molecule has 0 N–H and O–H groups in total. The van der Waals surface area contributed by atoms with Crippen molar-refractivity contribution in [3.05, 3.63) is 46.7 Å². The molecule has 0 spiro atoms. The minimum atomic E-state index is -0.107. The highest BCUT2D eigenvalue weighted by atomic mass is 35.5. The summed E-state index contributed by atoms with van der Waals surface area (Å²) < 4.78 is 7.31. The van der Waals surface area contributed by atoms with Gasteiger partial charge in [-0.05, 0) is 26.0 Å². The Hall–Kier alpha value is -2.01. The lowest BCUT2D eigenvalue weighted by molar-refractivity contribution is 0.0777. The molecule has 0 saturated carbocycles. The summed E-state index contributed by atoms with van der Waals surface area (Å²) in [6.07, 6.45) is 1.60. The summed E-state index contributed by atoms with van der Waals surface area (Å²) in [6.45, 7) is 5.50. The predicted octanol–water partition coefficient (Wildman–Crippen LogP) is 3.23. The second kappa shape index (κ2) is 7.31. The maximum Gasteiger partial charge on any atom is 0.257 e. The number of rotatable bonds is 6. The number of para-hydroxylation sites is 1. The van der Waals surface area contributed by atoms with Crippen molar-refractivity contribution in [3.63, 3.8) is 0 Å². The normalized spacial score (nSPS) is 10.5. The van der Waals surface area contributed by atoms with Gasteiger partial charge in [0, 0.05) is 13.6 Å². The fraction of sp³-hybridized carbons (Fsp3) is 0.375. The summed E-state index contributed by atoms with van der Waals surface area (Å²) in [5.74, 6) is 0.487. The van der Waals surface area contributed by atoms with Gasteiger partial charge in [-0.1, -0.05) is 23.7 Å². The molecule has 0 aliphatic rings. The summed E-state index contributed by atoms with van der Waals surface area (Å²) in [4.78, 5) is 14.3. The number of hydrogen-bond acceptors (Lipinski definition) is 3. The van der Waals surface area contributed by atoms with Crippen LogP contribution in [0.3, 0.4) is 0 Å². The molecule has 0 atom stereocenters. The third kappa shape index (κ3) is 3.42. The van der Waals surface area contributed by atoms with E-state index in [-0.39, 0.29) is 5.91 Å². The van der Waals surface area contributed by atoms with Gasteiger partial charge in [0.25, 0.3) is 5.91 Å². The molecular weight excluding hydrogens is 302 g/mol. The molecule has 0 unspecified atom stereocenters. The number of ether oxygens (including phenoxy) is 1. The fourth-order valence-corrected chi connectivity index (χ4v) is 2.45. The van der Waals surface area contributed by atoms with Crippen molar-refractivity contribution in [1.29, 1.82) is 0 Å². The Balaban J connectivity index is 2.21. The van der Waals surface area contributed by atoms with Gasteiger partial charge in [-0.15, -0.1) is 0 Å². The van der Waals surface area contributed by atoms with E-state index in [1.807, 2.05) is 26.0 Å². The lowest BCUT2D eigenvalue weighted by Gasteiger charge is -2.19. The Labute approximate surface area is 135 Å². The highest BCUT2D eigenvalue weighted by Crippen LogP contribution is 2.22. The number of aryl methyl sites for hydroxylation is 1. The molecule has 2 rings (SSSR count). The number of carbonyl (C=O) groups excluding carboxylic acids is 1. The number of amides is 1. The van der Waals surface area contributed by atoms with Crippen LogP contribution >= 0.6 is 11.6 Å². The molecule has 0 saturated heterocycles. The number of aromatic nitrogens is 2. The number of benzene rings is 1. The van der Waals surface area contributed by atoms with Gasteiger partial charge in [0.2, 0.25) is 0 Å². The van der Waals surface area contributed by atoms with E-state index in [1.54, 1.807) is 35.0 Å². The third-order valence-corrected chi connectivity index (χ3v) is 3.66. The summed E-state index contributed by atoms with van der Waals surface area (Å²) in [7, 11) is 1.74. The van der Waals surface area contributed by atoms with E-state index in [1.165, 1.54) is 0 Å². The van der Waals surface area contributed by atoms with Gasteiger partial charge in [-0.2, -0.15) is 5.10 Å². The van der Waals surface area contributed by atoms with Gasteiger partial charge in [0.15, 0.2) is 0 Å². The lowest BCUT2D eigenvalue weighted by atomic mass is 10.1. The Morgan fingerprint density at radius 3 is 2.77 bits per heavy atom. The molecule has 0 radical (unpaired) electrons. The first-order valence-electron chi connectivity index (χ1n) is 7.25. The molecule has 0 aliphatic heterocycles. The van der Waals surface area contributed by atoms with Crippen LogP contribution in [0.5, 0.6) is 5.75 Å². The van der Waals surface area contributed by atoms with E-state index in [4.69, 9.17) is 16.3 Å². The van der Waals surface area contributed by atoms with Crippen molar-refractivity contribution in [1.82, 2.24) is 14.7 Å². The summed E-state index contributed by atoms with van der Waals surface area (Å²) in [5.41, 5.74) is 1.37. The van der Waals surface area contributed by atoms with E-state index >= 15 is 0 Å². The van der Waals surface area contributed by atoms with Crippen LogP contribution in [0.2, 0.25) is 5.02 Å². The highest BCUT2D eigenvalue weighted by Gasteiger charge is 2.19. The fourth-order valence-electron chi connectivity index (χ4n) is 2.24.